The molecule has 1 N–H and O–H groups in total. The summed E-state index contributed by atoms with van der Waals surface area (Å²) in [5, 5.41) is 2.47. The Kier molecular flexibility index (Phi) is 5.03. The van der Waals surface area contributed by atoms with Crippen LogP contribution in [0.25, 0.3) is 0 Å². The molecule has 0 aliphatic rings. The Balaban J connectivity index is 2.32. The first-order valence-corrected chi connectivity index (χ1v) is 7.74. The van der Waals surface area contributed by atoms with Crippen molar-refractivity contribution in [1.29, 1.82) is 0 Å². The van der Waals surface area contributed by atoms with Gasteiger partial charge in [0.15, 0.2) is 0 Å². The molecule has 0 aliphatic heterocycles. The van der Waals surface area contributed by atoms with Gasteiger partial charge in [-0.2, -0.15) is 13.2 Å². The summed E-state index contributed by atoms with van der Waals surface area (Å²) in [6, 6.07) is 9.62. The lowest BCUT2D eigenvalue weighted by Gasteiger charge is -2.12. The maximum Gasteiger partial charge on any atom is 0.416 e. The van der Waals surface area contributed by atoms with Crippen LogP contribution in [0.4, 0.5) is 18.9 Å². The number of benzene rings is 2. The molecule has 0 saturated carbocycles. The summed E-state index contributed by atoms with van der Waals surface area (Å²) in [5.41, 5.74) is -0.564. The fourth-order valence-corrected chi connectivity index (χ4v) is 2.58. The topological polar surface area (TPSA) is 29.1 Å². The number of anilines is 1. The smallest absolute Gasteiger partial charge is 0.321 e. The van der Waals surface area contributed by atoms with Crippen LogP contribution in [-0.2, 0) is 6.18 Å². The molecule has 2 aromatic rings. The fraction of sp³-hybridized carbons (Fsp3) is 0.133. The van der Waals surface area contributed by atoms with Crippen molar-refractivity contribution in [2.24, 2.45) is 0 Å². The van der Waals surface area contributed by atoms with Crippen LogP contribution in [0.2, 0.25) is 5.02 Å². The van der Waals surface area contributed by atoms with Gasteiger partial charge < -0.3 is 5.32 Å². The summed E-state index contributed by atoms with van der Waals surface area (Å²) in [4.78, 5) is 13.0. The van der Waals surface area contributed by atoms with Crippen molar-refractivity contribution in [3.05, 3.63) is 58.6 Å². The summed E-state index contributed by atoms with van der Waals surface area (Å²) in [5.74, 6) is -0.508. The Hall–Kier alpha value is -1.66. The molecule has 0 bridgehead atoms. The standard InChI is InChI=1S/C15H11ClF3NOS/c1-22-13-5-3-2-4-10(13)14(21)20-12-8-9(15(17,18)19)6-7-11(12)16/h2-8H,1H3,(H,20,21). The number of hydrogen-bond acceptors (Lipinski definition) is 2. The summed E-state index contributed by atoms with van der Waals surface area (Å²) in [6.45, 7) is 0. The molecular weight excluding hydrogens is 335 g/mol. The molecule has 7 heteroatoms. The van der Waals surface area contributed by atoms with Crippen molar-refractivity contribution in [1.82, 2.24) is 0 Å². The van der Waals surface area contributed by atoms with Crippen molar-refractivity contribution < 1.29 is 18.0 Å². The molecule has 0 saturated heterocycles. The Morgan fingerprint density at radius 1 is 1.18 bits per heavy atom. The monoisotopic (exact) mass is 345 g/mol. The normalized spacial score (nSPS) is 11.3. The van der Waals surface area contributed by atoms with Crippen LogP contribution >= 0.6 is 23.4 Å². The minimum absolute atomic E-state index is 0.0444. The van der Waals surface area contributed by atoms with Crippen molar-refractivity contribution in [3.8, 4) is 0 Å². The number of thioether (sulfide) groups is 1. The molecule has 0 fully saturated rings. The lowest BCUT2D eigenvalue weighted by atomic mass is 10.1. The van der Waals surface area contributed by atoms with E-state index in [2.05, 4.69) is 5.32 Å². The SMILES string of the molecule is CSc1ccccc1C(=O)Nc1cc(C(F)(F)F)ccc1Cl. The average Bonchev–Trinajstić information content (AvgIpc) is 2.48. The van der Waals surface area contributed by atoms with Gasteiger partial charge in [0.05, 0.1) is 21.8 Å². The van der Waals surface area contributed by atoms with Gasteiger partial charge in [0.25, 0.3) is 5.91 Å². The molecule has 2 nitrogen and oxygen atoms in total. The second-order valence-electron chi connectivity index (χ2n) is 4.35. The number of rotatable bonds is 3. The maximum absolute atomic E-state index is 12.7. The number of halogens is 4. The van der Waals surface area contributed by atoms with Crippen LogP contribution < -0.4 is 5.32 Å². The van der Waals surface area contributed by atoms with E-state index in [1.54, 1.807) is 24.3 Å². The summed E-state index contributed by atoms with van der Waals surface area (Å²) >= 11 is 7.24. The van der Waals surface area contributed by atoms with Gasteiger partial charge in [-0.25, -0.2) is 0 Å². The molecule has 22 heavy (non-hydrogen) atoms. The van der Waals surface area contributed by atoms with Gasteiger partial charge in [0.2, 0.25) is 0 Å². The molecule has 2 rings (SSSR count). The molecule has 1 amide bonds. The van der Waals surface area contributed by atoms with Crippen LogP contribution in [0.5, 0.6) is 0 Å². The number of carbonyl (C=O) groups excluding carboxylic acids is 1. The van der Waals surface area contributed by atoms with Crippen LogP contribution in [0.3, 0.4) is 0 Å². The number of nitrogens with one attached hydrogen (secondary N) is 1. The molecule has 116 valence electrons. The van der Waals surface area contributed by atoms with Gasteiger partial charge in [0, 0.05) is 4.90 Å². The highest BCUT2D eigenvalue weighted by Gasteiger charge is 2.31. The minimum Gasteiger partial charge on any atom is -0.321 e. The van der Waals surface area contributed by atoms with Crippen molar-refractivity contribution in [2.45, 2.75) is 11.1 Å². The zero-order valence-electron chi connectivity index (χ0n) is 11.4. The largest absolute Gasteiger partial charge is 0.416 e. The Labute approximate surface area is 134 Å². The zero-order chi connectivity index (χ0) is 16.3. The van der Waals surface area contributed by atoms with Crippen molar-refractivity contribution in [2.75, 3.05) is 11.6 Å². The molecular formula is C15H11ClF3NOS. The zero-order valence-corrected chi connectivity index (χ0v) is 12.9. The molecule has 0 radical (unpaired) electrons. The van der Waals surface area contributed by atoms with E-state index in [0.29, 0.717) is 5.56 Å². The van der Waals surface area contributed by atoms with Gasteiger partial charge in [-0.05, 0) is 36.6 Å². The van der Waals surface area contributed by atoms with E-state index < -0.39 is 17.6 Å². The van der Waals surface area contributed by atoms with Crippen LogP contribution in [0.15, 0.2) is 47.4 Å². The number of alkyl halides is 3. The minimum atomic E-state index is -4.50. The lowest BCUT2D eigenvalue weighted by molar-refractivity contribution is -0.137. The van der Waals surface area contributed by atoms with Crippen LogP contribution in [0, 0.1) is 0 Å². The summed E-state index contributed by atoms with van der Waals surface area (Å²) in [6.07, 6.45) is -2.69. The maximum atomic E-state index is 12.7. The summed E-state index contributed by atoms with van der Waals surface area (Å²) in [7, 11) is 0. The van der Waals surface area contributed by atoms with E-state index in [9.17, 15) is 18.0 Å². The van der Waals surface area contributed by atoms with E-state index in [0.717, 1.165) is 23.1 Å². The number of amides is 1. The Bertz CT molecular complexity index is 703. The van der Waals surface area contributed by atoms with Crippen LogP contribution in [-0.4, -0.2) is 12.2 Å². The van der Waals surface area contributed by atoms with E-state index >= 15 is 0 Å². The molecule has 0 atom stereocenters. The molecule has 2 aromatic carbocycles. The average molecular weight is 346 g/mol. The van der Waals surface area contributed by atoms with Gasteiger partial charge in [-0.15, -0.1) is 11.8 Å². The molecule has 0 unspecified atom stereocenters. The predicted octanol–water partition coefficient (Wildman–Crippen LogP) is 5.33. The highest BCUT2D eigenvalue weighted by Crippen LogP contribution is 2.34. The van der Waals surface area contributed by atoms with E-state index in [4.69, 9.17) is 11.6 Å². The van der Waals surface area contributed by atoms with Gasteiger partial charge in [-0.3, -0.25) is 4.79 Å². The second kappa shape index (κ2) is 6.62. The third kappa shape index (κ3) is 3.75. The number of hydrogen-bond donors (Lipinski definition) is 1. The highest BCUT2D eigenvalue weighted by molar-refractivity contribution is 7.98. The van der Waals surface area contributed by atoms with Gasteiger partial charge in [0.1, 0.15) is 0 Å². The third-order valence-corrected chi connectivity index (χ3v) is 4.02. The Morgan fingerprint density at radius 2 is 1.86 bits per heavy atom. The highest BCUT2D eigenvalue weighted by atomic mass is 35.5. The second-order valence-corrected chi connectivity index (χ2v) is 5.60. The van der Waals surface area contributed by atoms with Gasteiger partial charge in [-0.1, -0.05) is 23.7 Å². The first-order valence-electron chi connectivity index (χ1n) is 6.14. The van der Waals surface area contributed by atoms with Crippen LogP contribution in [0.1, 0.15) is 15.9 Å². The Morgan fingerprint density at radius 3 is 2.50 bits per heavy atom. The van der Waals surface area contributed by atoms with Crippen molar-refractivity contribution >= 4 is 35.0 Å². The number of carbonyl (C=O) groups is 1. The third-order valence-electron chi connectivity index (χ3n) is 2.89. The molecule has 0 aliphatic carbocycles. The van der Waals surface area contributed by atoms with Crippen molar-refractivity contribution in [3.63, 3.8) is 0 Å². The van der Waals surface area contributed by atoms with Gasteiger partial charge >= 0.3 is 6.18 Å². The molecule has 0 aromatic heterocycles. The first-order chi connectivity index (χ1) is 10.3. The predicted molar refractivity (Wildman–Crippen MR) is 82.6 cm³/mol. The summed E-state index contributed by atoms with van der Waals surface area (Å²) < 4.78 is 38.2. The first kappa shape index (κ1) is 16.7. The molecule has 0 spiro atoms. The van der Waals surface area contributed by atoms with E-state index in [1.165, 1.54) is 11.8 Å². The van der Waals surface area contributed by atoms with E-state index in [1.807, 2.05) is 6.26 Å². The fourth-order valence-electron chi connectivity index (χ4n) is 1.82. The van der Waals surface area contributed by atoms with E-state index in [-0.39, 0.29) is 10.7 Å². The quantitative estimate of drug-likeness (QED) is 0.761. The lowest BCUT2D eigenvalue weighted by Crippen LogP contribution is -2.14. The molecule has 0 heterocycles.